The molecule has 7 nitrogen and oxygen atoms in total. The van der Waals surface area contributed by atoms with Crippen molar-refractivity contribution in [2.75, 3.05) is 18.8 Å². The van der Waals surface area contributed by atoms with Gasteiger partial charge >= 0.3 is 0 Å². The van der Waals surface area contributed by atoms with Crippen molar-refractivity contribution < 1.29 is 18.3 Å². The maximum atomic E-state index is 15.2. The summed E-state index contributed by atoms with van der Waals surface area (Å²) in [6.07, 6.45) is 3.06. The van der Waals surface area contributed by atoms with Crippen molar-refractivity contribution >= 4 is 34.1 Å². The largest absolute Gasteiger partial charge is 0.457 e. The summed E-state index contributed by atoms with van der Waals surface area (Å²) in [7, 11) is 0. The van der Waals surface area contributed by atoms with Crippen LogP contribution >= 0.6 is 11.6 Å². The summed E-state index contributed by atoms with van der Waals surface area (Å²) in [4.78, 5) is 19.0. The summed E-state index contributed by atoms with van der Waals surface area (Å²) in [6.45, 7) is 6.20. The molecule has 2 aromatic heterocycles. The molecule has 1 fully saturated rings. The fraction of sp³-hybridized carbons (Fsp3) is 0.250. The van der Waals surface area contributed by atoms with Gasteiger partial charge in [-0.05, 0) is 99.8 Å². The zero-order valence-electron chi connectivity index (χ0n) is 23.2. The highest BCUT2D eigenvalue weighted by molar-refractivity contribution is 6.30. The van der Waals surface area contributed by atoms with Crippen LogP contribution in [0.3, 0.4) is 0 Å². The van der Waals surface area contributed by atoms with Crippen LogP contribution in [0.1, 0.15) is 54.2 Å². The molecule has 0 aliphatic carbocycles. The number of piperidine rings is 1. The molecule has 6 rings (SSSR count). The molecule has 5 aromatic rings. The van der Waals surface area contributed by atoms with Crippen molar-refractivity contribution in [3.8, 4) is 17.2 Å². The Balaban J connectivity index is 1.23. The molecule has 42 heavy (non-hydrogen) atoms. The molecule has 0 atom stereocenters. The van der Waals surface area contributed by atoms with E-state index in [2.05, 4.69) is 28.8 Å². The third kappa shape index (κ3) is 5.37. The fourth-order valence-electron chi connectivity index (χ4n) is 5.59. The highest BCUT2D eigenvalue weighted by Gasteiger charge is 2.26. The molecule has 0 bridgehead atoms. The average molecular weight is 590 g/mol. The number of nitrogens with two attached hydrogens (primary N) is 1. The van der Waals surface area contributed by atoms with Crippen LogP contribution in [0.15, 0.2) is 66.9 Å². The quantitative estimate of drug-likeness (QED) is 0.192. The number of nitrogen functional groups attached to an aromatic ring is 1. The van der Waals surface area contributed by atoms with Gasteiger partial charge in [0.2, 0.25) is 5.78 Å². The normalized spacial score (nSPS) is 14.6. The highest BCUT2D eigenvalue weighted by atomic mass is 35.5. The molecule has 0 spiro atoms. The first kappa shape index (κ1) is 27.9. The van der Waals surface area contributed by atoms with Crippen LogP contribution in [-0.4, -0.2) is 44.6 Å². The molecule has 3 heterocycles. The minimum absolute atomic E-state index is 0.0233. The van der Waals surface area contributed by atoms with Gasteiger partial charge in [0.25, 0.3) is 0 Å². The zero-order chi connectivity index (χ0) is 29.5. The van der Waals surface area contributed by atoms with Crippen molar-refractivity contribution in [2.24, 2.45) is 0 Å². The predicted molar refractivity (Wildman–Crippen MR) is 160 cm³/mol. The van der Waals surface area contributed by atoms with E-state index < -0.39 is 11.6 Å². The molecule has 1 aliphatic rings. The third-order valence-electron chi connectivity index (χ3n) is 7.91. The Hall–Kier alpha value is -4.21. The van der Waals surface area contributed by atoms with E-state index in [1.54, 1.807) is 36.4 Å². The van der Waals surface area contributed by atoms with E-state index in [9.17, 15) is 4.79 Å². The Labute approximate surface area is 246 Å². The molecule has 0 amide bonds. The second-order valence-corrected chi connectivity index (χ2v) is 11.3. The molecule has 0 radical (unpaired) electrons. The van der Waals surface area contributed by atoms with Crippen molar-refractivity contribution in [2.45, 2.75) is 38.6 Å². The standard InChI is InChI=1S/C32H30ClF2N5O2/c1-18(2)39-10-8-19(9-11-39)24-16-28-20(12-26(24)34)13-29(38-28)31(41)25-17-37-40(32(25)36)30-7-6-23(15-27(30)35)42-22-5-3-4-21(33)14-22/h3-7,12-19,38H,8-11,36H2,1-2H3. The van der Waals surface area contributed by atoms with Gasteiger partial charge in [-0.25, -0.2) is 13.5 Å². The van der Waals surface area contributed by atoms with Crippen LogP contribution in [0.2, 0.25) is 5.02 Å². The summed E-state index contributed by atoms with van der Waals surface area (Å²) in [5.41, 5.74) is 8.02. The van der Waals surface area contributed by atoms with Crippen LogP contribution < -0.4 is 10.5 Å². The molecular weight excluding hydrogens is 560 g/mol. The zero-order valence-corrected chi connectivity index (χ0v) is 24.0. The van der Waals surface area contributed by atoms with Crippen LogP contribution in [0, 0.1) is 11.6 Å². The number of ether oxygens (including phenoxy) is 1. The Bertz CT molecular complexity index is 1790. The maximum Gasteiger partial charge on any atom is 0.214 e. The van der Waals surface area contributed by atoms with E-state index in [-0.39, 0.29) is 40.2 Å². The Morgan fingerprint density at radius 3 is 2.52 bits per heavy atom. The number of fused-ring (bicyclic) bond motifs is 1. The molecule has 216 valence electrons. The maximum absolute atomic E-state index is 15.2. The fourth-order valence-corrected chi connectivity index (χ4v) is 5.77. The van der Waals surface area contributed by atoms with Gasteiger partial charge < -0.3 is 20.4 Å². The van der Waals surface area contributed by atoms with E-state index in [1.165, 1.54) is 24.4 Å². The number of carbonyl (C=O) groups excluding carboxylic acids is 1. The number of nitrogens with one attached hydrogen (secondary N) is 1. The molecule has 3 aromatic carbocycles. The van der Waals surface area contributed by atoms with Crippen molar-refractivity contribution in [3.05, 3.63) is 100 Å². The van der Waals surface area contributed by atoms with Crippen molar-refractivity contribution in [3.63, 3.8) is 0 Å². The number of hydrogen-bond donors (Lipinski definition) is 2. The van der Waals surface area contributed by atoms with E-state index in [4.69, 9.17) is 22.1 Å². The second-order valence-electron chi connectivity index (χ2n) is 10.9. The number of anilines is 1. The molecule has 0 unspecified atom stereocenters. The second kappa shape index (κ2) is 11.2. The van der Waals surface area contributed by atoms with E-state index in [0.717, 1.165) is 30.6 Å². The SMILES string of the molecule is CC(C)N1CCC(c2cc3[nH]c(C(=O)c4cnn(-c5ccc(Oc6cccc(Cl)c6)cc5F)c4N)cc3cc2F)CC1. The van der Waals surface area contributed by atoms with Crippen LogP contribution in [-0.2, 0) is 0 Å². The number of hydrogen-bond acceptors (Lipinski definition) is 5. The van der Waals surface area contributed by atoms with Gasteiger partial charge in [0.05, 0.1) is 17.5 Å². The predicted octanol–water partition coefficient (Wildman–Crippen LogP) is 7.48. The first-order valence-electron chi connectivity index (χ1n) is 13.9. The summed E-state index contributed by atoms with van der Waals surface area (Å²) in [5, 5.41) is 5.26. The molecule has 3 N–H and O–H groups in total. The molecular formula is C32H30ClF2N5O2. The van der Waals surface area contributed by atoms with Gasteiger partial charge in [0.1, 0.15) is 28.8 Å². The van der Waals surface area contributed by atoms with Gasteiger partial charge in [-0.3, -0.25) is 4.79 Å². The lowest BCUT2D eigenvalue weighted by atomic mass is 9.88. The molecule has 1 aliphatic heterocycles. The molecule has 10 heteroatoms. The first-order chi connectivity index (χ1) is 20.2. The molecule has 0 saturated carbocycles. The summed E-state index contributed by atoms with van der Waals surface area (Å²) in [6, 6.07) is 16.4. The monoisotopic (exact) mass is 589 g/mol. The van der Waals surface area contributed by atoms with Gasteiger partial charge in [-0.2, -0.15) is 5.10 Å². The van der Waals surface area contributed by atoms with Gasteiger partial charge in [-0.1, -0.05) is 17.7 Å². The van der Waals surface area contributed by atoms with Crippen LogP contribution in [0.25, 0.3) is 16.6 Å². The summed E-state index contributed by atoms with van der Waals surface area (Å²) < 4.78 is 37.1. The minimum atomic E-state index is -0.642. The smallest absolute Gasteiger partial charge is 0.214 e. The lowest BCUT2D eigenvalue weighted by Gasteiger charge is -2.34. The number of rotatable bonds is 7. The van der Waals surface area contributed by atoms with Crippen LogP contribution in [0.5, 0.6) is 11.5 Å². The Kier molecular flexibility index (Phi) is 7.47. The van der Waals surface area contributed by atoms with Gasteiger partial charge in [0.15, 0.2) is 5.82 Å². The van der Waals surface area contributed by atoms with Crippen molar-refractivity contribution in [1.29, 1.82) is 0 Å². The number of likely N-dealkylation sites (tertiary alicyclic amines) is 1. The number of H-pyrrole nitrogens is 1. The number of benzene rings is 3. The Morgan fingerprint density at radius 1 is 1.05 bits per heavy atom. The van der Waals surface area contributed by atoms with Crippen LogP contribution in [0.4, 0.5) is 14.6 Å². The van der Waals surface area contributed by atoms with Crippen molar-refractivity contribution in [1.82, 2.24) is 19.7 Å². The van der Waals surface area contributed by atoms with E-state index in [0.29, 0.717) is 33.3 Å². The highest BCUT2D eigenvalue weighted by Crippen LogP contribution is 2.34. The van der Waals surface area contributed by atoms with Gasteiger partial charge in [-0.15, -0.1) is 0 Å². The topological polar surface area (TPSA) is 89.2 Å². The molecule has 1 saturated heterocycles. The van der Waals surface area contributed by atoms with E-state index in [1.807, 2.05) is 6.07 Å². The minimum Gasteiger partial charge on any atom is -0.457 e. The third-order valence-corrected chi connectivity index (χ3v) is 8.15. The van der Waals surface area contributed by atoms with Gasteiger partial charge in [0, 0.05) is 28.0 Å². The average Bonchev–Trinajstić information content (AvgIpc) is 3.55. The number of halogens is 3. The summed E-state index contributed by atoms with van der Waals surface area (Å²) in [5.74, 6) is -0.518. The number of carbonyl (C=O) groups is 1. The number of aromatic amines is 1. The number of nitrogens with zero attached hydrogens (tertiary/aromatic N) is 3. The summed E-state index contributed by atoms with van der Waals surface area (Å²) >= 11 is 5.99. The first-order valence-corrected chi connectivity index (χ1v) is 14.2. The van der Waals surface area contributed by atoms with E-state index >= 15 is 8.78 Å². The lowest BCUT2D eigenvalue weighted by Crippen LogP contribution is -2.38. The lowest BCUT2D eigenvalue weighted by molar-refractivity contribution is 0.103. The number of ketones is 1. The Morgan fingerprint density at radius 2 is 1.81 bits per heavy atom. The number of aromatic nitrogens is 3.